The number of benzene rings is 1. The van der Waals surface area contributed by atoms with Crippen LogP contribution < -0.4 is 5.32 Å². The van der Waals surface area contributed by atoms with Gasteiger partial charge in [-0.2, -0.15) is 0 Å². The Balaban J connectivity index is 2.83. The van der Waals surface area contributed by atoms with Gasteiger partial charge >= 0.3 is 6.09 Å². The van der Waals surface area contributed by atoms with Crippen molar-refractivity contribution in [3.05, 3.63) is 35.9 Å². The zero-order chi connectivity index (χ0) is 13.8. The molecule has 100 valence electrons. The average molecular weight is 251 g/mol. The largest absolute Gasteiger partial charge is 0.465 e. The molecule has 2 atom stereocenters. The quantitative estimate of drug-likeness (QED) is 0.770. The predicted octanol–water partition coefficient (Wildman–Crippen LogP) is 2.79. The molecule has 4 nitrogen and oxygen atoms in total. The van der Waals surface area contributed by atoms with Crippen LogP contribution in [-0.2, 0) is 0 Å². The van der Waals surface area contributed by atoms with Crippen molar-refractivity contribution in [1.82, 2.24) is 5.32 Å². The Morgan fingerprint density at radius 2 is 1.83 bits per heavy atom. The van der Waals surface area contributed by atoms with E-state index in [0.717, 1.165) is 5.56 Å². The van der Waals surface area contributed by atoms with Crippen molar-refractivity contribution < 1.29 is 15.0 Å². The van der Waals surface area contributed by atoms with Gasteiger partial charge in [-0.3, -0.25) is 0 Å². The van der Waals surface area contributed by atoms with Gasteiger partial charge in [-0.05, 0) is 17.4 Å². The second-order valence-electron chi connectivity index (χ2n) is 5.53. The number of hydrogen-bond donors (Lipinski definition) is 3. The Hall–Kier alpha value is -1.55. The molecular formula is C14H21NO3. The zero-order valence-corrected chi connectivity index (χ0v) is 11.1. The summed E-state index contributed by atoms with van der Waals surface area (Å²) in [6, 6.07) is 8.91. The predicted molar refractivity (Wildman–Crippen MR) is 70.4 cm³/mol. The highest BCUT2D eigenvalue weighted by atomic mass is 16.4. The van der Waals surface area contributed by atoms with Gasteiger partial charge in [0.25, 0.3) is 0 Å². The van der Waals surface area contributed by atoms with E-state index in [1.807, 2.05) is 51.1 Å². The highest BCUT2D eigenvalue weighted by molar-refractivity contribution is 5.65. The summed E-state index contributed by atoms with van der Waals surface area (Å²) in [5, 5.41) is 21.4. The molecule has 0 fully saturated rings. The van der Waals surface area contributed by atoms with Gasteiger partial charge in [0.1, 0.15) is 0 Å². The van der Waals surface area contributed by atoms with Crippen molar-refractivity contribution in [2.75, 3.05) is 0 Å². The third-order valence-corrected chi connectivity index (χ3v) is 2.96. The van der Waals surface area contributed by atoms with Gasteiger partial charge in [0, 0.05) is 0 Å². The SMILES string of the molecule is CC(C)(C)C(O)CC(NC(=O)O)c1ccccc1. The van der Waals surface area contributed by atoms with E-state index in [9.17, 15) is 9.90 Å². The first-order valence-corrected chi connectivity index (χ1v) is 6.03. The van der Waals surface area contributed by atoms with Crippen LogP contribution in [-0.4, -0.2) is 22.4 Å². The number of rotatable bonds is 4. The molecule has 0 saturated heterocycles. The van der Waals surface area contributed by atoms with Gasteiger partial charge in [-0.1, -0.05) is 51.1 Å². The first kappa shape index (κ1) is 14.5. The van der Waals surface area contributed by atoms with E-state index < -0.39 is 18.2 Å². The Bertz CT molecular complexity index is 384. The van der Waals surface area contributed by atoms with Crippen molar-refractivity contribution in [1.29, 1.82) is 0 Å². The lowest BCUT2D eigenvalue weighted by Gasteiger charge is -2.29. The average Bonchev–Trinajstić information content (AvgIpc) is 2.27. The van der Waals surface area contributed by atoms with Gasteiger partial charge in [-0.15, -0.1) is 0 Å². The van der Waals surface area contributed by atoms with Gasteiger partial charge in [0.05, 0.1) is 12.1 Å². The molecule has 0 aliphatic rings. The number of amides is 1. The molecule has 4 heteroatoms. The topological polar surface area (TPSA) is 69.6 Å². The summed E-state index contributed by atoms with van der Waals surface area (Å²) in [4.78, 5) is 10.8. The lowest BCUT2D eigenvalue weighted by atomic mass is 9.84. The smallest absolute Gasteiger partial charge is 0.405 e. The summed E-state index contributed by atoms with van der Waals surface area (Å²) in [5.41, 5.74) is 0.593. The second kappa shape index (κ2) is 5.87. The van der Waals surface area contributed by atoms with E-state index in [2.05, 4.69) is 5.32 Å². The third-order valence-electron chi connectivity index (χ3n) is 2.96. The van der Waals surface area contributed by atoms with Crippen LogP contribution in [0.25, 0.3) is 0 Å². The fourth-order valence-corrected chi connectivity index (χ4v) is 1.69. The second-order valence-corrected chi connectivity index (χ2v) is 5.53. The normalized spacial score (nSPS) is 14.9. The molecule has 1 amide bonds. The lowest BCUT2D eigenvalue weighted by molar-refractivity contribution is 0.0463. The van der Waals surface area contributed by atoms with Crippen molar-refractivity contribution in [2.45, 2.75) is 39.3 Å². The Labute approximate surface area is 108 Å². The molecule has 0 aliphatic carbocycles. The molecule has 1 rings (SSSR count). The number of carbonyl (C=O) groups is 1. The molecule has 3 N–H and O–H groups in total. The summed E-state index contributed by atoms with van der Waals surface area (Å²) >= 11 is 0. The minimum absolute atomic E-state index is 0.271. The Kier molecular flexibility index (Phi) is 4.73. The molecule has 0 aromatic heterocycles. The molecule has 2 unspecified atom stereocenters. The molecule has 0 bridgehead atoms. The van der Waals surface area contributed by atoms with Crippen molar-refractivity contribution in [3.63, 3.8) is 0 Å². The maximum atomic E-state index is 10.8. The van der Waals surface area contributed by atoms with Crippen LogP contribution in [0.4, 0.5) is 4.79 Å². The van der Waals surface area contributed by atoms with Crippen molar-refractivity contribution >= 4 is 6.09 Å². The van der Waals surface area contributed by atoms with Crippen molar-refractivity contribution in [2.24, 2.45) is 5.41 Å². The molecule has 1 aromatic carbocycles. The Morgan fingerprint density at radius 1 is 1.28 bits per heavy atom. The van der Waals surface area contributed by atoms with Crippen LogP contribution >= 0.6 is 0 Å². The summed E-state index contributed by atoms with van der Waals surface area (Å²) in [6.45, 7) is 5.79. The first-order chi connectivity index (χ1) is 8.30. The third kappa shape index (κ3) is 4.37. The van der Waals surface area contributed by atoms with Crippen LogP contribution in [0.15, 0.2) is 30.3 Å². The standard InChI is InChI=1S/C14H21NO3/c1-14(2,3)12(16)9-11(15-13(17)18)10-7-5-4-6-8-10/h4-8,11-12,15-16H,9H2,1-3H3,(H,17,18). The molecule has 1 aromatic rings. The fourth-order valence-electron chi connectivity index (χ4n) is 1.69. The molecule has 0 radical (unpaired) electrons. The van der Waals surface area contributed by atoms with Gasteiger partial charge in [0.15, 0.2) is 0 Å². The summed E-state index contributed by atoms with van der Waals surface area (Å²) < 4.78 is 0. The van der Waals surface area contributed by atoms with E-state index in [1.165, 1.54) is 0 Å². The highest BCUT2D eigenvalue weighted by Crippen LogP contribution is 2.28. The zero-order valence-electron chi connectivity index (χ0n) is 11.1. The van der Waals surface area contributed by atoms with Crippen molar-refractivity contribution in [3.8, 4) is 0 Å². The fraction of sp³-hybridized carbons (Fsp3) is 0.500. The minimum Gasteiger partial charge on any atom is -0.465 e. The lowest BCUT2D eigenvalue weighted by Crippen LogP contribution is -2.34. The van der Waals surface area contributed by atoms with E-state index in [4.69, 9.17) is 5.11 Å². The maximum Gasteiger partial charge on any atom is 0.405 e. The van der Waals surface area contributed by atoms with Gasteiger partial charge in [0.2, 0.25) is 0 Å². The summed E-state index contributed by atoms with van der Waals surface area (Å²) in [5.74, 6) is 0. The van der Waals surface area contributed by atoms with Crippen LogP contribution in [0, 0.1) is 5.41 Å². The number of nitrogens with one attached hydrogen (secondary N) is 1. The van der Waals surface area contributed by atoms with E-state index in [-0.39, 0.29) is 5.41 Å². The van der Waals surface area contributed by atoms with Crippen LogP contribution in [0.1, 0.15) is 38.8 Å². The summed E-state index contributed by atoms with van der Waals surface area (Å²) in [7, 11) is 0. The first-order valence-electron chi connectivity index (χ1n) is 6.03. The number of aliphatic hydroxyl groups is 1. The van der Waals surface area contributed by atoms with E-state index in [1.54, 1.807) is 0 Å². The molecule has 0 heterocycles. The van der Waals surface area contributed by atoms with E-state index >= 15 is 0 Å². The monoisotopic (exact) mass is 251 g/mol. The molecule has 0 saturated carbocycles. The Morgan fingerprint density at radius 3 is 2.28 bits per heavy atom. The summed E-state index contributed by atoms with van der Waals surface area (Å²) in [6.07, 6.45) is -1.29. The highest BCUT2D eigenvalue weighted by Gasteiger charge is 2.26. The number of aliphatic hydroxyl groups excluding tert-OH is 1. The van der Waals surface area contributed by atoms with Crippen LogP contribution in [0.3, 0.4) is 0 Å². The maximum absolute atomic E-state index is 10.8. The minimum atomic E-state index is -1.08. The number of carboxylic acid groups (broad SMARTS) is 1. The molecular weight excluding hydrogens is 230 g/mol. The molecule has 18 heavy (non-hydrogen) atoms. The number of hydrogen-bond acceptors (Lipinski definition) is 2. The molecule has 0 aliphatic heterocycles. The van der Waals surface area contributed by atoms with Crippen LogP contribution in [0.5, 0.6) is 0 Å². The molecule has 0 spiro atoms. The van der Waals surface area contributed by atoms with Crippen LogP contribution in [0.2, 0.25) is 0 Å². The van der Waals surface area contributed by atoms with Gasteiger partial charge in [-0.25, -0.2) is 4.79 Å². The van der Waals surface area contributed by atoms with E-state index in [0.29, 0.717) is 6.42 Å². The van der Waals surface area contributed by atoms with Gasteiger partial charge < -0.3 is 15.5 Å².